The van der Waals surface area contributed by atoms with Crippen molar-refractivity contribution in [2.24, 2.45) is 0 Å². The van der Waals surface area contributed by atoms with Crippen LogP contribution in [-0.4, -0.2) is 18.0 Å². The topological polar surface area (TPSA) is 63.2 Å². The molecule has 0 saturated carbocycles. The number of amides is 1. The number of nitrogens with one attached hydrogen (secondary N) is 2. The van der Waals surface area contributed by atoms with E-state index in [9.17, 15) is 4.79 Å². The fraction of sp³-hybridized carbons (Fsp3) is 0.176. The van der Waals surface area contributed by atoms with E-state index in [1.54, 1.807) is 36.7 Å². The van der Waals surface area contributed by atoms with E-state index in [1.165, 1.54) is 7.11 Å². The summed E-state index contributed by atoms with van der Waals surface area (Å²) in [7, 11) is 1.49. The van der Waals surface area contributed by atoms with Gasteiger partial charge in [0.1, 0.15) is 0 Å². The number of rotatable bonds is 6. The predicted octanol–water partition coefficient (Wildman–Crippen LogP) is 4.22. The van der Waals surface area contributed by atoms with Gasteiger partial charge in [-0.25, -0.2) is 0 Å². The molecule has 0 aliphatic rings. The van der Waals surface area contributed by atoms with Gasteiger partial charge in [0.2, 0.25) is 5.91 Å². The molecule has 2 aromatic rings. The standard InChI is InChI=1S/C17H17Cl2N3O2/c1-11-7-13(10-20-9-11)21-17(23)6-5-16(22-24-2)12-3-4-14(18)15(19)8-12/h3-5,7-10,22H,6H2,1-2H3,(H,21,23). The van der Waals surface area contributed by atoms with Gasteiger partial charge in [-0.1, -0.05) is 29.3 Å². The van der Waals surface area contributed by atoms with Crippen molar-refractivity contribution in [2.75, 3.05) is 12.4 Å². The third-order valence-electron chi connectivity index (χ3n) is 3.09. The van der Waals surface area contributed by atoms with Crippen LogP contribution in [0.2, 0.25) is 10.0 Å². The lowest BCUT2D eigenvalue weighted by Crippen LogP contribution is -2.14. The molecule has 1 aromatic heterocycles. The Hall–Kier alpha value is -2.08. The van der Waals surface area contributed by atoms with E-state index in [4.69, 9.17) is 28.0 Å². The quantitative estimate of drug-likeness (QED) is 0.752. The lowest BCUT2D eigenvalue weighted by molar-refractivity contribution is -0.115. The number of nitrogens with zero attached hydrogens (tertiary/aromatic N) is 1. The number of aromatic nitrogens is 1. The van der Waals surface area contributed by atoms with Gasteiger partial charge < -0.3 is 5.32 Å². The first-order chi connectivity index (χ1) is 11.5. The Labute approximate surface area is 150 Å². The first kappa shape index (κ1) is 18.3. The average Bonchev–Trinajstić information content (AvgIpc) is 2.54. The van der Waals surface area contributed by atoms with Gasteiger partial charge in [-0.3, -0.25) is 20.1 Å². The molecule has 7 heteroatoms. The van der Waals surface area contributed by atoms with E-state index in [1.807, 2.05) is 13.0 Å². The van der Waals surface area contributed by atoms with Gasteiger partial charge in [0.25, 0.3) is 0 Å². The first-order valence-electron chi connectivity index (χ1n) is 7.15. The minimum absolute atomic E-state index is 0.153. The summed E-state index contributed by atoms with van der Waals surface area (Å²) in [4.78, 5) is 21.1. The molecule has 0 aliphatic heterocycles. The van der Waals surface area contributed by atoms with Gasteiger partial charge in [0, 0.05) is 18.2 Å². The van der Waals surface area contributed by atoms with E-state index >= 15 is 0 Å². The van der Waals surface area contributed by atoms with Crippen LogP contribution >= 0.6 is 23.2 Å². The highest BCUT2D eigenvalue weighted by molar-refractivity contribution is 6.42. The Morgan fingerprint density at radius 1 is 1.25 bits per heavy atom. The molecule has 0 aliphatic carbocycles. The van der Waals surface area contributed by atoms with Crippen LogP contribution in [0, 0.1) is 6.92 Å². The Morgan fingerprint density at radius 2 is 2.04 bits per heavy atom. The molecule has 24 heavy (non-hydrogen) atoms. The number of aryl methyl sites for hydroxylation is 1. The highest BCUT2D eigenvalue weighted by Gasteiger charge is 2.07. The number of halogens is 2. The molecular weight excluding hydrogens is 349 g/mol. The van der Waals surface area contributed by atoms with Gasteiger partial charge in [0.05, 0.1) is 34.7 Å². The van der Waals surface area contributed by atoms with Crippen molar-refractivity contribution < 1.29 is 9.63 Å². The molecule has 5 nitrogen and oxygen atoms in total. The minimum Gasteiger partial charge on any atom is -0.324 e. The molecule has 0 radical (unpaired) electrons. The van der Waals surface area contributed by atoms with Crippen LogP contribution in [0.5, 0.6) is 0 Å². The Balaban J connectivity index is 2.10. The second kappa shape index (κ2) is 8.68. The summed E-state index contributed by atoms with van der Waals surface area (Å²) in [5.74, 6) is -0.169. The number of anilines is 1. The first-order valence-corrected chi connectivity index (χ1v) is 7.91. The molecule has 0 saturated heterocycles. The number of hydroxylamine groups is 1. The zero-order chi connectivity index (χ0) is 17.5. The van der Waals surface area contributed by atoms with Crippen molar-refractivity contribution in [1.29, 1.82) is 0 Å². The number of carbonyl (C=O) groups excluding carboxylic acids is 1. The van der Waals surface area contributed by atoms with E-state index in [-0.39, 0.29) is 12.3 Å². The molecule has 1 aromatic carbocycles. The Bertz CT molecular complexity index is 763. The van der Waals surface area contributed by atoms with Crippen LogP contribution in [0.3, 0.4) is 0 Å². The third kappa shape index (κ3) is 5.23. The van der Waals surface area contributed by atoms with Crippen molar-refractivity contribution in [3.63, 3.8) is 0 Å². The predicted molar refractivity (Wildman–Crippen MR) is 96.8 cm³/mol. The van der Waals surface area contributed by atoms with Crippen molar-refractivity contribution >= 4 is 40.5 Å². The summed E-state index contributed by atoms with van der Waals surface area (Å²) in [5, 5.41) is 3.67. The number of hydrogen-bond donors (Lipinski definition) is 2. The molecule has 1 heterocycles. The molecule has 0 spiro atoms. The molecule has 1 amide bonds. The second-order valence-corrected chi connectivity index (χ2v) is 5.87. The molecule has 0 bridgehead atoms. The minimum atomic E-state index is -0.169. The highest BCUT2D eigenvalue weighted by atomic mass is 35.5. The lowest BCUT2D eigenvalue weighted by atomic mass is 10.1. The summed E-state index contributed by atoms with van der Waals surface area (Å²) < 4.78 is 0. The molecule has 0 atom stereocenters. The van der Waals surface area contributed by atoms with E-state index in [0.29, 0.717) is 21.4 Å². The van der Waals surface area contributed by atoms with E-state index in [0.717, 1.165) is 11.1 Å². The normalized spacial score (nSPS) is 11.2. The van der Waals surface area contributed by atoms with E-state index < -0.39 is 0 Å². The number of carbonyl (C=O) groups is 1. The third-order valence-corrected chi connectivity index (χ3v) is 3.83. The van der Waals surface area contributed by atoms with Crippen molar-refractivity contribution in [3.8, 4) is 0 Å². The van der Waals surface area contributed by atoms with Crippen LogP contribution in [0.4, 0.5) is 5.69 Å². The monoisotopic (exact) mass is 365 g/mol. The summed E-state index contributed by atoms with van der Waals surface area (Å²) in [6.07, 6.45) is 5.18. The second-order valence-electron chi connectivity index (χ2n) is 5.06. The Morgan fingerprint density at radius 3 is 2.71 bits per heavy atom. The highest BCUT2D eigenvalue weighted by Crippen LogP contribution is 2.25. The molecule has 2 rings (SSSR count). The van der Waals surface area contributed by atoms with Gasteiger partial charge >= 0.3 is 0 Å². The molecular formula is C17H17Cl2N3O2. The lowest BCUT2D eigenvalue weighted by Gasteiger charge is -2.10. The van der Waals surface area contributed by atoms with Crippen LogP contribution < -0.4 is 10.8 Å². The average molecular weight is 366 g/mol. The maximum atomic E-state index is 12.1. The Kier molecular flexibility index (Phi) is 6.61. The smallest absolute Gasteiger partial charge is 0.228 e. The maximum Gasteiger partial charge on any atom is 0.228 e. The molecule has 0 fully saturated rings. The largest absolute Gasteiger partial charge is 0.324 e. The molecule has 2 N–H and O–H groups in total. The van der Waals surface area contributed by atoms with Crippen LogP contribution in [0.15, 0.2) is 42.7 Å². The van der Waals surface area contributed by atoms with Crippen molar-refractivity contribution in [3.05, 3.63) is 63.9 Å². The zero-order valence-electron chi connectivity index (χ0n) is 13.3. The van der Waals surface area contributed by atoms with Crippen LogP contribution in [0.25, 0.3) is 5.70 Å². The number of pyridine rings is 1. The van der Waals surface area contributed by atoms with E-state index in [2.05, 4.69) is 15.8 Å². The molecule has 0 unspecified atom stereocenters. The van der Waals surface area contributed by atoms with Crippen LogP contribution in [0.1, 0.15) is 17.5 Å². The van der Waals surface area contributed by atoms with Gasteiger partial charge in [0.15, 0.2) is 0 Å². The summed E-state index contributed by atoms with van der Waals surface area (Å²) in [6.45, 7) is 1.91. The summed E-state index contributed by atoms with van der Waals surface area (Å²) in [5.41, 5.74) is 5.75. The van der Waals surface area contributed by atoms with Crippen molar-refractivity contribution in [1.82, 2.24) is 10.5 Å². The number of hydrogen-bond acceptors (Lipinski definition) is 4. The summed E-state index contributed by atoms with van der Waals surface area (Å²) in [6, 6.07) is 7.02. The van der Waals surface area contributed by atoms with Gasteiger partial charge in [-0.2, -0.15) is 0 Å². The number of benzene rings is 1. The summed E-state index contributed by atoms with van der Waals surface area (Å²) >= 11 is 11.9. The van der Waals surface area contributed by atoms with Gasteiger partial charge in [-0.15, -0.1) is 0 Å². The zero-order valence-corrected chi connectivity index (χ0v) is 14.8. The fourth-order valence-corrected chi connectivity index (χ4v) is 2.32. The van der Waals surface area contributed by atoms with Crippen molar-refractivity contribution in [2.45, 2.75) is 13.3 Å². The SMILES string of the molecule is CONC(=CCC(=O)Nc1cncc(C)c1)c1ccc(Cl)c(Cl)c1. The maximum absolute atomic E-state index is 12.1. The van der Waals surface area contributed by atoms with Gasteiger partial charge in [-0.05, 0) is 36.8 Å². The van der Waals surface area contributed by atoms with Crippen LogP contribution in [-0.2, 0) is 9.63 Å². The fourth-order valence-electron chi connectivity index (χ4n) is 2.02. The molecule has 126 valence electrons.